The van der Waals surface area contributed by atoms with E-state index in [0.29, 0.717) is 5.92 Å². The molecule has 2 aromatic rings. The molecule has 1 atom stereocenters. The highest BCUT2D eigenvalue weighted by atomic mass is 16.0. The molecule has 0 aromatic heterocycles. The Labute approximate surface area is 217 Å². The van der Waals surface area contributed by atoms with E-state index >= 15 is 0 Å². The van der Waals surface area contributed by atoms with E-state index in [1.165, 1.54) is 120 Å². The van der Waals surface area contributed by atoms with Crippen LogP contribution in [0.2, 0.25) is 0 Å². The lowest BCUT2D eigenvalue weighted by Crippen LogP contribution is -2.29. The Hall–Kier alpha value is -1.64. The van der Waals surface area contributed by atoms with Crippen molar-refractivity contribution in [2.45, 2.75) is 134 Å². The van der Waals surface area contributed by atoms with Gasteiger partial charge < -0.3 is 11.2 Å². The van der Waals surface area contributed by atoms with Crippen LogP contribution in [0.3, 0.4) is 0 Å². The maximum Gasteiger partial charge on any atom is 0.0241 e. The van der Waals surface area contributed by atoms with Crippen LogP contribution in [0.4, 0.5) is 0 Å². The van der Waals surface area contributed by atoms with E-state index in [9.17, 15) is 0 Å². The summed E-state index contributed by atoms with van der Waals surface area (Å²) in [4.78, 5) is 0. The predicted octanol–water partition coefficient (Wildman–Crippen LogP) is 9.36. The first-order valence-corrected chi connectivity index (χ1v) is 14.7. The monoisotopic (exact) mass is 481 g/mol. The lowest BCUT2D eigenvalue weighted by atomic mass is 9.83. The Balaban J connectivity index is 0.00000612. The Morgan fingerprint density at radius 1 is 0.486 bits per heavy atom. The first-order chi connectivity index (χ1) is 16.8. The molecule has 0 bridgehead atoms. The second kappa shape index (κ2) is 21.6. The molecular formula is C33H55NO. The van der Waals surface area contributed by atoms with E-state index in [0.717, 1.165) is 6.42 Å². The molecule has 0 saturated carbocycles. The molecule has 1 unspecified atom stereocenters. The van der Waals surface area contributed by atoms with Crippen LogP contribution in [0, 0.1) is 0 Å². The van der Waals surface area contributed by atoms with Gasteiger partial charge in [0.25, 0.3) is 0 Å². The third kappa shape index (κ3) is 14.5. The molecule has 0 amide bonds. The van der Waals surface area contributed by atoms with Gasteiger partial charge in [0.1, 0.15) is 0 Å². The van der Waals surface area contributed by atoms with Crippen molar-refractivity contribution < 1.29 is 5.48 Å². The van der Waals surface area contributed by atoms with E-state index in [4.69, 9.17) is 5.73 Å². The number of hydrogen-bond donors (Lipinski definition) is 1. The average Bonchev–Trinajstić information content (AvgIpc) is 2.87. The molecule has 0 aliphatic carbocycles. The Bertz CT molecular complexity index is 647. The zero-order chi connectivity index (χ0) is 24.1. The third-order valence-corrected chi connectivity index (χ3v) is 7.39. The molecule has 2 heteroatoms. The Kier molecular flexibility index (Phi) is 19.4. The van der Waals surface area contributed by atoms with Gasteiger partial charge in [-0.3, -0.25) is 0 Å². The fourth-order valence-corrected chi connectivity index (χ4v) is 5.28. The van der Waals surface area contributed by atoms with Crippen LogP contribution in [-0.4, -0.2) is 11.5 Å². The molecular weight excluding hydrogens is 426 g/mol. The van der Waals surface area contributed by atoms with Gasteiger partial charge in [-0.1, -0.05) is 177 Å². The van der Waals surface area contributed by atoms with Gasteiger partial charge in [0.15, 0.2) is 0 Å². The van der Waals surface area contributed by atoms with Crippen molar-refractivity contribution in [3.05, 3.63) is 71.8 Å². The van der Waals surface area contributed by atoms with Crippen LogP contribution in [0.15, 0.2) is 60.7 Å². The average molecular weight is 482 g/mol. The molecule has 35 heavy (non-hydrogen) atoms. The van der Waals surface area contributed by atoms with Gasteiger partial charge in [0, 0.05) is 12.0 Å². The van der Waals surface area contributed by atoms with Crippen LogP contribution in [0.5, 0.6) is 0 Å². The van der Waals surface area contributed by atoms with Crippen LogP contribution < -0.4 is 5.73 Å². The molecule has 0 radical (unpaired) electrons. The summed E-state index contributed by atoms with van der Waals surface area (Å²) in [6, 6.07) is 21.8. The van der Waals surface area contributed by atoms with Crippen molar-refractivity contribution in [3.63, 3.8) is 0 Å². The summed E-state index contributed by atoms with van der Waals surface area (Å²) in [5.74, 6) is 0.295. The smallest absolute Gasteiger partial charge is 0.0241 e. The minimum atomic E-state index is 0. The number of benzene rings is 2. The quantitative estimate of drug-likeness (QED) is 0.177. The van der Waals surface area contributed by atoms with Gasteiger partial charge in [-0.05, 0) is 17.5 Å². The zero-order valence-electron chi connectivity index (χ0n) is 22.7. The summed E-state index contributed by atoms with van der Waals surface area (Å²) in [5, 5.41) is 0. The maximum absolute atomic E-state index is 6.75. The number of nitrogens with two attached hydrogens (primary N) is 1. The van der Waals surface area contributed by atoms with Gasteiger partial charge in [0.05, 0.1) is 0 Å². The minimum absolute atomic E-state index is 0. The first-order valence-electron chi connectivity index (χ1n) is 14.7. The summed E-state index contributed by atoms with van der Waals surface area (Å²) < 4.78 is 0. The molecule has 0 heterocycles. The van der Waals surface area contributed by atoms with Gasteiger partial charge >= 0.3 is 0 Å². The second-order valence-electron chi connectivity index (χ2n) is 10.4. The highest BCUT2D eigenvalue weighted by molar-refractivity contribution is 5.34. The van der Waals surface area contributed by atoms with Crippen LogP contribution in [0.25, 0.3) is 0 Å². The molecule has 0 aliphatic rings. The largest absolute Gasteiger partial charge is 0.412 e. The normalized spacial score (nSPS) is 12.0. The Morgan fingerprint density at radius 3 is 1.14 bits per heavy atom. The number of hydrogen-bond acceptors (Lipinski definition) is 1. The van der Waals surface area contributed by atoms with E-state index < -0.39 is 0 Å². The summed E-state index contributed by atoms with van der Waals surface area (Å²) in [6.07, 6.45) is 25.2. The lowest BCUT2D eigenvalue weighted by molar-refractivity contribution is 0.493. The molecule has 198 valence electrons. The molecule has 0 fully saturated rings. The SMILES string of the molecule is CCCCCCCCCCCCCCCCCCCC(N)C(c1ccccc1)c1ccccc1.O. The van der Waals surface area contributed by atoms with E-state index in [1.807, 2.05) is 0 Å². The molecule has 0 aliphatic heterocycles. The fourth-order valence-electron chi connectivity index (χ4n) is 5.28. The maximum atomic E-state index is 6.75. The highest BCUT2D eigenvalue weighted by Gasteiger charge is 2.21. The van der Waals surface area contributed by atoms with Crippen molar-refractivity contribution >= 4 is 0 Å². The second-order valence-corrected chi connectivity index (χ2v) is 10.4. The molecule has 2 aromatic carbocycles. The molecule has 2 rings (SSSR count). The van der Waals surface area contributed by atoms with Gasteiger partial charge in [-0.25, -0.2) is 0 Å². The summed E-state index contributed by atoms with van der Waals surface area (Å²) in [6.45, 7) is 2.30. The van der Waals surface area contributed by atoms with Crippen molar-refractivity contribution in [3.8, 4) is 0 Å². The van der Waals surface area contributed by atoms with Crippen molar-refractivity contribution in [2.24, 2.45) is 5.73 Å². The van der Waals surface area contributed by atoms with Crippen molar-refractivity contribution in [1.29, 1.82) is 0 Å². The first kappa shape index (κ1) is 31.4. The van der Waals surface area contributed by atoms with Crippen molar-refractivity contribution in [2.75, 3.05) is 0 Å². The van der Waals surface area contributed by atoms with Gasteiger partial charge in [-0.15, -0.1) is 0 Å². The zero-order valence-corrected chi connectivity index (χ0v) is 22.7. The summed E-state index contributed by atoms with van der Waals surface area (Å²) >= 11 is 0. The van der Waals surface area contributed by atoms with Gasteiger partial charge in [0.2, 0.25) is 0 Å². The van der Waals surface area contributed by atoms with Crippen molar-refractivity contribution in [1.82, 2.24) is 0 Å². The van der Waals surface area contributed by atoms with E-state index in [-0.39, 0.29) is 11.5 Å². The molecule has 0 saturated heterocycles. The Morgan fingerprint density at radius 2 is 0.800 bits per heavy atom. The van der Waals surface area contributed by atoms with Crippen LogP contribution in [0.1, 0.15) is 140 Å². The third-order valence-electron chi connectivity index (χ3n) is 7.39. The topological polar surface area (TPSA) is 57.5 Å². The van der Waals surface area contributed by atoms with Gasteiger partial charge in [-0.2, -0.15) is 0 Å². The molecule has 4 N–H and O–H groups in total. The number of unbranched alkanes of at least 4 members (excludes halogenated alkanes) is 16. The lowest BCUT2D eigenvalue weighted by Gasteiger charge is -2.25. The minimum Gasteiger partial charge on any atom is -0.412 e. The predicted molar refractivity (Wildman–Crippen MR) is 155 cm³/mol. The molecule has 0 spiro atoms. The van der Waals surface area contributed by atoms with E-state index in [1.54, 1.807) is 0 Å². The van der Waals surface area contributed by atoms with E-state index in [2.05, 4.69) is 67.6 Å². The fraction of sp³-hybridized carbons (Fsp3) is 0.636. The standard InChI is InChI=1S/C33H53N.H2O/c1-2-3-4-5-6-7-8-9-10-11-12-13-14-15-16-17-24-29-32(34)33(30-25-20-18-21-26-30)31-27-22-19-23-28-31;/h18-23,25-28,32-33H,2-17,24,29,34H2,1H3;1H2. The number of rotatable bonds is 21. The van der Waals surface area contributed by atoms with Crippen LogP contribution in [-0.2, 0) is 0 Å². The summed E-state index contributed by atoms with van der Waals surface area (Å²) in [5.41, 5.74) is 9.43. The van der Waals surface area contributed by atoms with Crippen LogP contribution >= 0.6 is 0 Å². The highest BCUT2D eigenvalue weighted by Crippen LogP contribution is 2.29. The molecule has 2 nitrogen and oxygen atoms in total. The summed E-state index contributed by atoms with van der Waals surface area (Å²) in [7, 11) is 0.